The molecule has 1 saturated heterocycles. The van der Waals surface area contributed by atoms with Crippen molar-refractivity contribution >= 4 is 5.96 Å². The second-order valence-corrected chi connectivity index (χ2v) is 7.87. The van der Waals surface area contributed by atoms with E-state index in [4.69, 9.17) is 20.3 Å². The summed E-state index contributed by atoms with van der Waals surface area (Å²) in [7, 11) is 1.79. The third-order valence-corrected chi connectivity index (χ3v) is 6.27. The molecule has 2 N–H and O–H groups in total. The Balaban J connectivity index is 1.67. The van der Waals surface area contributed by atoms with Gasteiger partial charge in [-0.15, -0.1) is 0 Å². The van der Waals surface area contributed by atoms with Gasteiger partial charge in [0.15, 0.2) is 0 Å². The van der Waals surface area contributed by atoms with Gasteiger partial charge in [-0.05, 0) is 47.7 Å². The molecule has 2 aromatic carbocycles. The molecule has 0 aromatic heterocycles. The maximum Gasteiger partial charge on any atom is 0.218 e. The summed E-state index contributed by atoms with van der Waals surface area (Å²) in [6.07, 6.45) is 2.67. The van der Waals surface area contributed by atoms with Gasteiger partial charge in [0.1, 0.15) is 0 Å². The Kier molecular flexibility index (Phi) is 3.73. The minimum atomic E-state index is -0.783. The largest absolute Gasteiger partial charge is 0.381 e. The minimum Gasteiger partial charge on any atom is -0.381 e. The van der Waals surface area contributed by atoms with Crippen molar-refractivity contribution in [2.75, 3.05) is 20.3 Å². The van der Waals surface area contributed by atoms with Crippen LogP contribution in [0.2, 0.25) is 0 Å². The van der Waals surface area contributed by atoms with Gasteiger partial charge in [-0.1, -0.05) is 24.3 Å². The van der Waals surface area contributed by atoms with Gasteiger partial charge in [0, 0.05) is 37.7 Å². The van der Waals surface area contributed by atoms with Gasteiger partial charge in [-0.3, -0.25) is 0 Å². The van der Waals surface area contributed by atoms with Crippen molar-refractivity contribution in [3.63, 3.8) is 0 Å². The van der Waals surface area contributed by atoms with E-state index in [0.717, 1.165) is 49.2 Å². The first-order valence-electron chi connectivity index (χ1n) is 9.57. The maximum absolute atomic E-state index is 9.24. The first kappa shape index (κ1) is 17.2. The van der Waals surface area contributed by atoms with E-state index >= 15 is 0 Å². The number of ether oxygens (including phenoxy) is 1. The standard InChI is InChI=1S/C22H22N4O2/c1-26-20(24)25-22(28-26)14-21(7-9-27-10-8-21)18-6-5-17(12-19(18)22)16-4-2-3-15(11-16)13-23/h2-6,11-12H,7-10,14H2,1H3,(H2,24,25). The van der Waals surface area contributed by atoms with Gasteiger partial charge < -0.3 is 10.5 Å². The van der Waals surface area contributed by atoms with Crippen LogP contribution in [0.25, 0.3) is 11.1 Å². The fourth-order valence-electron chi connectivity index (χ4n) is 4.87. The number of aliphatic imine (C=N–C) groups is 1. The number of nitrogens with zero attached hydrogens (tertiary/aromatic N) is 3. The van der Waals surface area contributed by atoms with E-state index in [1.54, 1.807) is 12.1 Å². The quantitative estimate of drug-likeness (QED) is 0.829. The molecule has 3 aliphatic rings. The molecule has 0 amide bonds. The Labute approximate surface area is 164 Å². The van der Waals surface area contributed by atoms with E-state index in [9.17, 15) is 5.26 Å². The lowest BCUT2D eigenvalue weighted by Gasteiger charge is -2.35. The van der Waals surface area contributed by atoms with Gasteiger partial charge in [0.05, 0.1) is 11.6 Å². The van der Waals surface area contributed by atoms with Gasteiger partial charge in [-0.25, -0.2) is 14.9 Å². The van der Waals surface area contributed by atoms with Crippen molar-refractivity contribution in [3.8, 4) is 17.2 Å². The molecule has 2 aromatic rings. The van der Waals surface area contributed by atoms with E-state index in [-0.39, 0.29) is 5.41 Å². The predicted molar refractivity (Wildman–Crippen MR) is 105 cm³/mol. The molecule has 2 aliphatic heterocycles. The Morgan fingerprint density at radius 2 is 1.89 bits per heavy atom. The molecule has 142 valence electrons. The zero-order valence-corrected chi connectivity index (χ0v) is 15.8. The van der Waals surface area contributed by atoms with E-state index in [2.05, 4.69) is 24.3 Å². The highest BCUT2D eigenvalue weighted by Gasteiger charge is 2.57. The van der Waals surface area contributed by atoms with E-state index in [0.29, 0.717) is 11.5 Å². The van der Waals surface area contributed by atoms with Crippen molar-refractivity contribution in [2.24, 2.45) is 10.7 Å². The Morgan fingerprint density at radius 3 is 2.61 bits per heavy atom. The molecule has 2 heterocycles. The van der Waals surface area contributed by atoms with E-state index in [1.165, 1.54) is 5.56 Å². The first-order valence-corrected chi connectivity index (χ1v) is 9.57. The molecule has 2 spiro atoms. The third-order valence-electron chi connectivity index (χ3n) is 6.27. The molecule has 5 rings (SSSR count). The number of rotatable bonds is 1. The van der Waals surface area contributed by atoms with Gasteiger partial charge >= 0.3 is 0 Å². The number of benzene rings is 2. The average molecular weight is 374 g/mol. The molecule has 0 saturated carbocycles. The SMILES string of the molecule is CN1OC2(CC3(CCOCC3)c3ccc(-c4cccc(C#N)c4)cc32)N=C1N. The van der Waals surface area contributed by atoms with Crippen LogP contribution in [0.1, 0.15) is 36.0 Å². The molecule has 0 bridgehead atoms. The predicted octanol–water partition coefficient (Wildman–Crippen LogP) is 3.02. The zero-order valence-electron chi connectivity index (χ0n) is 15.8. The van der Waals surface area contributed by atoms with Crippen LogP contribution in [0.15, 0.2) is 47.5 Å². The number of fused-ring (bicyclic) bond motifs is 3. The van der Waals surface area contributed by atoms with Crippen LogP contribution in [0, 0.1) is 11.3 Å². The minimum absolute atomic E-state index is 0.00439. The highest BCUT2D eigenvalue weighted by Crippen LogP contribution is 2.57. The smallest absolute Gasteiger partial charge is 0.218 e. The molecule has 1 atom stereocenters. The van der Waals surface area contributed by atoms with Gasteiger partial charge in [0.2, 0.25) is 11.7 Å². The normalized spacial score (nSPS) is 25.0. The number of hydrogen-bond donors (Lipinski definition) is 1. The number of hydroxylamine groups is 2. The highest BCUT2D eigenvalue weighted by atomic mass is 16.7. The summed E-state index contributed by atoms with van der Waals surface area (Å²) in [5.74, 6) is 0.395. The molecule has 0 radical (unpaired) electrons. The van der Waals surface area contributed by atoms with Gasteiger partial charge in [0.25, 0.3) is 0 Å². The van der Waals surface area contributed by atoms with Crippen LogP contribution in [0.5, 0.6) is 0 Å². The third kappa shape index (κ3) is 2.44. The highest BCUT2D eigenvalue weighted by molar-refractivity contribution is 5.79. The summed E-state index contributed by atoms with van der Waals surface area (Å²) in [5.41, 5.74) is 10.3. The van der Waals surface area contributed by atoms with Crippen molar-refractivity contribution in [1.82, 2.24) is 5.06 Å². The fraction of sp³-hybridized carbons (Fsp3) is 0.364. The van der Waals surface area contributed by atoms with Gasteiger partial charge in [-0.2, -0.15) is 5.26 Å². The summed E-state index contributed by atoms with van der Waals surface area (Å²) in [4.78, 5) is 11.0. The first-order chi connectivity index (χ1) is 13.6. The number of nitrogens with two attached hydrogens (primary N) is 1. The molecule has 1 unspecified atom stereocenters. The van der Waals surface area contributed by atoms with Crippen LogP contribution < -0.4 is 5.73 Å². The van der Waals surface area contributed by atoms with E-state index in [1.807, 2.05) is 24.3 Å². The molecule has 1 aliphatic carbocycles. The number of nitriles is 1. The van der Waals surface area contributed by atoms with Crippen molar-refractivity contribution < 1.29 is 9.57 Å². The Morgan fingerprint density at radius 1 is 1.11 bits per heavy atom. The molecular formula is C22H22N4O2. The lowest BCUT2D eigenvalue weighted by atomic mass is 9.75. The monoisotopic (exact) mass is 374 g/mol. The van der Waals surface area contributed by atoms with Crippen LogP contribution >= 0.6 is 0 Å². The summed E-state index contributed by atoms with van der Waals surface area (Å²) in [6, 6.07) is 16.4. The molecule has 28 heavy (non-hydrogen) atoms. The lowest BCUT2D eigenvalue weighted by Crippen LogP contribution is -2.35. The topological polar surface area (TPSA) is 83.9 Å². The molecule has 6 heteroatoms. The second kappa shape index (κ2) is 6.06. The molecule has 6 nitrogen and oxygen atoms in total. The zero-order chi connectivity index (χ0) is 19.4. The Hall–Kier alpha value is -2.88. The lowest BCUT2D eigenvalue weighted by molar-refractivity contribution is -0.178. The average Bonchev–Trinajstić information content (AvgIpc) is 3.14. The second-order valence-electron chi connectivity index (χ2n) is 7.87. The molecular weight excluding hydrogens is 352 g/mol. The van der Waals surface area contributed by atoms with Crippen LogP contribution in [-0.4, -0.2) is 31.3 Å². The fourth-order valence-corrected chi connectivity index (χ4v) is 4.87. The summed E-state index contributed by atoms with van der Waals surface area (Å²) >= 11 is 0. The summed E-state index contributed by atoms with van der Waals surface area (Å²) < 4.78 is 5.64. The van der Waals surface area contributed by atoms with E-state index < -0.39 is 5.72 Å². The van der Waals surface area contributed by atoms with Crippen molar-refractivity contribution in [1.29, 1.82) is 5.26 Å². The number of hydrogen-bond acceptors (Lipinski definition) is 6. The maximum atomic E-state index is 9.24. The summed E-state index contributed by atoms with van der Waals surface area (Å²) in [6.45, 7) is 1.49. The number of guanidine groups is 1. The van der Waals surface area contributed by atoms with Crippen LogP contribution in [-0.2, 0) is 20.7 Å². The van der Waals surface area contributed by atoms with Crippen LogP contribution in [0.4, 0.5) is 0 Å². The van der Waals surface area contributed by atoms with Crippen LogP contribution in [0.3, 0.4) is 0 Å². The Bertz CT molecular complexity index is 1020. The van der Waals surface area contributed by atoms with Crippen molar-refractivity contribution in [2.45, 2.75) is 30.4 Å². The summed E-state index contributed by atoms with van der Waals surface area (Å²) in [5, 5.41) is 10.8. The molecule has 1 fully saturated rings. The van der Waals surface area contributed by atoms with Crippen molar-refractivity contribution in [3.05, 3.63) is 59.2 Å².